The minimum Gasteiger partial charge on any atom is -0.387 e. The second-order valence-electron chi connectivity index (χ2n) is 5.69. The molecule has 0 spiro atoms. The highest BCUT2D eigenvalue weighted by atomic mass is 16.5. The Morgan fingerprint density at radius 2 is 2.22 bits per heavy atom. The van der Waals surface area contributed by atoms with E-state index in [-0.39, 0.29) is 11.7 Å². The van der Waals surface area contributed by atoms with Gasteiger partial charge in [-0.25, -0.2) is 0 Å². The SMILES string of the molecule is CC1CN(c2ccc([C@H](C)O)nc2)CC(C)(C)O1. The molecule has 1 N–H and O–H groups in total. The highest BCUT2D eigenvalue weighted by molar-refractivity contribution is 5.45. The molecule has 1 aliphatic heterocycles. The zero-order valence-corrected chi connectivity index (χ0v) is 11.6. The molecule has 1 aromatic heterocycles. The molecule has 0 amide bonds. The summed E-state index contributed by atoms with van der Waals surface area (Å²) in [4.78, 5) is 6.58. The number of nitrogens with zero attached hydrogens (tertiary/aromatic N) is 2. The molecule has 2 heterocycles. The molecule has 1 aromatic rings. The smallest absolute Gasteiger partial charge is 0.0931 e. The van der Waals surface area contributed by atoms with E-state index < -0.39 is 6.10 Å². The molecule has 0 bridgehead atoms. The third-order valence-electron chi connectivity index (χ3n) is 3.13. The van der Waals surface area contributed by atoms with E-state index in [4.69, 9.17) is 4.74 Å². The molecule has 18 heavy (non-hydrogen) atoms. The maximum absolute atomic E-state index is 9.45. The molecule has 0 aromatic carbocycles. The molecule has 1 fully saturated rings. The summed E-state index contributed by atoms with van der Waals surface area (Å²) in [5, 5.41) is 9.45. The van der Waals surface area contributed by atoms with Gasteiger partial charge < -0.3 is 14.7 Å². The molecule has 0 saturated carbocycles. The first-order valence-corrected chi connectivity index (χ1v) is 6.44. The van der Waals surface area contributed by atoms with Crippen LogP contribution in [0, 0.1) is 0 Å². The summed E-state index contributed by atoms with van der Waals surface area (Å²) in [7, 11) is 0. The van der Waals surface area contributed by atoms with Crippen molar-refractivity contribution in [2.24, 2.45) is 0 Å². The molecule has 1 aliphatic rings. The maximum Gasteiger partial charge on any atom is 0.0931 e. The van der Waals surface area contributed by atoms with Crippen LogP contribution in [-0.4, -0.2) is 34.9 Å². The van der Waals surface area contributed by atoms with Crippen molar-refractivity contribution in [1.29, 1.82) is 0 Å². The van der Waals surface area contributed by atoms with Crippen molar-refractivity contribution >= 4 is 5.69 Å². The number of anilines is 1. The van der Waals surface area contributed by atoms with Gasteiger partial charge in [-0.15, -0.1) is 0 Å². The normalized spacial score (nSPS) is 24.9. The van der Waals surface area contributed by atoms with Gasteiger partial charge in [-0.1, -0.05) is 0 Å². The molecule has 0 radical (unpaired) electrons. The molecule has 0 aliphatic carbocycles. The Balaban J connectivity index is 2.15. The highest BCUT2D eigenvalue weighted by Gasteiger charge is 2.31. The van der Waals surface area contributed by atoms with E-state index in [1.54, 1.807) is 6.92 Å². The predicted octanol–water partition coefficient (Wildman–Crippen LogP) is 2.14. The third kappa shape index (κ3) is 3.00. The zero-order valence-electron chi connectivity index (χ0n) is 11.6. The van der Waals surface area contributed by atoms with Gasteiger partial charge in [-0.05, 0) is 39.8 Å². The molecular weight excluding hydrogens is 228 g/mol. The molecule has 4 nitrogen and oxygen atoms in total. The van der Waals surface area contributed by atoms with Crippen molar-refractivity contribution in [3.05, 3.63) is 24.0 Å². The average molecular weight is 250 g/mol. The Morgan fingerprint density at radius 1 is 1.50 bits per heavy atom. The van der Waals surface area contributed by atoms with Gasteiger partial charge in [-0.2, -0.15) is 0 Å². The van der Waals surface area contributed by atoms with Crippen LogP contribution >= 0.6 is 0 Å². The summed E-state index contributed by atoms with van der Waals surface area (Å²) < 4.78 is 5.89. The van der Waals surface area contributed by atoms with Crippen LogP contribution in [-0.2, 0) is 4.74 Å². The van der Waals surface area contributed by atoms with Gasteiger partial charge in [0.25, 0.3) is 0 Å². The van der Waals surface area contributed by atoms with Crippen LogP contribution in [0.1, 0.15) is 39.5 Å². The monoisotopic (exact) mass is 250 g/mol. The van der Waals surface area contributed by atoms with Crippen molar-refractivity contribution in [3.63, 3.8) is 0 Å². The van der Waals surface area contributed by atoms with Crippen LogP contribution < -0.4 is 4.90 Å². The average Bonchev–Trinajstić information content (AvgIpc) is 2.26. The standard InChI is InChI=1S/C14H22N2O2/c1-10-8-16(9-14(3,4)18-10)12-5-6-13(11(2)17)15-7-12/h5-7,10-11,17H,8-9H2,1-4H3/t10?,11-/m0/s1. The topological polar surface area (TPSA) is 45.6 Å². The second kappa shape index (κ2) is 4.86. The van der Waals surface area contributed by atoms with E-state index in [1.807, 2.05) is 18.3 Å². The van der Waals surface area contributed by atoms with E-state index >= 15 is 0 Å². The second-order valence-corrected chi connectivity index (χ2v) is 5.69. The quantitative estimate of drug-likeness (QED) is 0.873. The predicted molar refractivity (Wildman–Crippen MR) is 71.7 cm³/mol. The number of aliphatic hydroxyl groups excluding tert-OH is 1. The molecular formula is C14H22N2O2. The van der Waals surface area contributed by atoms with Gasteiger partial charge in [0.2, 0.25) is 0 Å². The first kappa shape index (κ1) is 13.3. The van der Waals surface area contributed by atoms with Gasteiger partial charge in [0.1, 0.15) is 0 Å². The summed E-state index contributed by atoms with van der Waals surface area (Å²) in [5.41, 5.74) is 1.66. The Morgan fingerprint density at radius 3 is 2.72 bits per heavy atom. The van der Waals surface area contributed by atoms with Gasteiger partial charge in [-0.3, -0.25) is 4.98 Å². The van der Waals surface area contributed by atoms with Crippen LogP contribution in [0.25, 0.3) is 0 Å². The Labute approximate surface area is 109 Å². The largest absolute Gasteiger partial charge is 0.387 e. The number of hydrogen-bond donors (Lipinski definition) is 1. The number of pyridine rings is 1. The van der Waals surface area contributed by atoms with Crippen LogP contribution in [0.15, 0.2) is 18.3 Å². The van der Waals surface area contributed by atoms with Crippen LogP contribution in [0.2, 0.25) is 0 Å². The fraction of sp³-hybridized carbons (Fsp3) is 0.643. The van der Waals surface area contributed by atoms with Crippen LogP contribution in [0.4, 0.5) is 5.69 Å². The lowest BCUT2D eigenvalue weighted by Crippen LogP contribution is -2.52. The minimum absolute atomic E-state index is 0.138. The number of aliphatic hydroxyl groups is 1. The lowest BCUT2D eigenvalue weighted by Gasteiger charge is -2.42. The number of rotatable bonds is 2. The first-order valence-electron chi connectivity index (χ1n) is 6.44. The zero-order chi connectivity index (χ0) is 13.3. The lowest BCUT2D eigenvalue weighted by atomic mass is 10.0. The minimum atomic E-state index is -0.515. The number of hydrogen-bond acceptors (Lipinski definition) is 4. The third-order valence-corrected chi connectivity index (χ3v) is 3.13. The molecule has 4 heteroatoms. The Hall–Kier alpha value is -1.13. The number of aromatic nitrogens is 1. The molecule has 100 valence electrons. The van der Waals surface area contributed by atoms with Crippen molar-refractivity contribution in [2.45, 2.75) is 45.5 Å². The van der Waals surface area contributed by atoms with E-state index in [2.05, 4.69) is 30.7 Å². The van der Waals surface area contributed by atoms with E-state index in [0.29, 0.717) is 5.69 Å². The van der Waals surface area contributed by atoms with Crippen molar-refractivity contribution in [3.8, 4) is 0 Å². The Kier molecular flexibility index (Phi) is 3.59. The van der Waals surface area contributed by atoms with Gasteiger partial charge >= 0.3 is 0 Å². The summed E-state index contributed by atoms with van der Waals surface area (Å²) in [6.07, 6.45) is 1.53. The number of ether oxygens (including phenoxy) is 1. The molecule has 2 rings (SSSR count). The van der Waals surface area contributed by atoms with E-state index in [1.165, 1.54) is 0 Å². The van der Waals surface area contributed by atoms with E-state index in [9.17, 15) is 5.11 Å². The summed E-state index contributed by atoms with van der Waals surface area (Å²) in [5.74, 6) is 0. The number of morpholine rings is 1. The van der Waals surface area contributed by atoms with Gasteiger partial charge in [0.05, 0.1) is 35.4 Å². The van der Waals surface area contributed by atoms with Gasteiger partial charge in [0, 0.05) is 13.1 Å². The van der Waals surface area contributed by atoms with Crippen LogP contribution in [0.5, 0.6) is 0 Å². The molecule has 1 saturated heterocycles. The van der Waals surface area contributed by atoms with Crippen LogP contribution in [0.3, 0.4) is 0 Å². The fourth-order valence-electron chi connectivity index (χ4n) is 2.48. The fourth-order valence-corrected chi connectivity index (χ4v) is 2.48. The summed E-state index contributed by atoms with van der Waals surface area (Å²) in [6.45, 7) is 9.75. The lowest BCUT2D eigenvalue weighted by molar-refractivity contribution is -0.0749. The first-order chi connectivity index (χ1) is 8.37. The molecule has 2 atom stereocenters. The van der Waals surface area contributed by atoms with Gasteiger partial charge in [0.15, 0.2) is 0 Å². The van der Waals surface area contributed by atoms with E-state index in [0.717, 1.165) is 18.8 Å². The summed E-state index contributed by atoms with van der Waals surface area (Å²) in [6, 6.07) is 3.90. The van der Waals surface area contributed by atoms with Crippen molar-refractivity contribution in [2.75, 3.05) is 18.0 Å². The highest BCUT2D eigenvalue weighted by Crippen LogP contribution is 2.26. The Bertz CT molecular complexity index is 401. The maximum atomic E-state index is 9.45. The van der Waals surface area contributed by atoms with Crippen molar-refractivity contribution in [1.82, 2.24) is 4.98 Å². The molecule has 1 unspecified atom stereocenters. The summed E-state index contributed by atoms with van der Waals surface area (Å²) >= 11 is 0. The van der Waals surface area contributed by atoms with Crippen molar-refractivity contribution < 1.29 is 9.84 Å².